The van der Waals surface area contributed by atoms with Gasteiger partial charge in [0.1, 0.15) is 0 Å². The topological polar surface area (TPSA) is 56.0 Å². The second-order valence-corrected chi connectivity index (χ2v) is 2.62. The molecule has 2 rings (SSSR count). The van der Waals surface area contributed by atoms with Gasteiger partial charge in [-0.1, -0.05) is 18.2 Å². The predicted molar refractivity (Wildman–Crippen MR) is 55.6 cm³/mol. The van der Waals surface area contributed by atoms with Crippen molar-refractivity contribution < 1.29 is 4.92 Å². The van der Waals surface area contributed by atoms with Crippen molar-refractivity contribution in [1.29, 1.82) is 0 Å². The number of rotatable bonds is 1. The van der Waals surface area contributed by atoms with E-state index in [4.69, 9.17) is 0 Å². The molecule has 0 bridgehead atoms. The Morgan fingerprint density at radius 3 is 2.57 bits per heavy atom. The zero-order chi connectivity index (χ0) is 9.26. The number of para-hydroxylation sites is 1. The molecule has 1 heterocycles. The maximum absolute atomic E-state index is 10.4. The van der Waals surface area contributed by atoms with E-state index in [1.165, 1.54) is 6.07 Å². The second kappa shape index (κ2) is 4.02. The van der Waals surface area contributed by atoms with Crippen molar-refractivity contribution in [2.75, 3.05) is 0 Å². The lowest BCUT2D eigenvalue weighted by atomic mass is 10.2. The number of nitrogens with zero attached hydrogens (tertiary/aromatic N) is 2. The van der Waals surface area contributed by atoms with Gasteiger partial charge in [-0.3, -0.25) is 0 Å². The molecule has 0 spiro atoms. The largest absolute Gasteiger partial charge is 0.364 e. The molecule has 1 aromatic carbocycles. The van der Waals surface area contributed by atoms with Crippen LogP contribution in [-0.4, -0.2) is 9.91 Å². The van der Waals surface area contributed by atoms with E-state index in [1.54, 1.807) is 18.2 Å². The number of nitro groups is 1. The normalized spacial score (nSPS) is 9.43. The summed E-state index contributed by atoms with van der Waals surface area (Å²) in [6.45, 7) is 0. The Balaban J connectivity index is 0.000000980. The van der Waals surface area contributed by atoms with Crippen LogP contribution in [0.2, 0.25) is 0 Å². The summed E-state index contributed by atoms with van der Waals surface area (Å²) in [5, 5.41) is 11.3. The van der Waals surface area contributed by atoms with Crippen LogP contribution in [0.3, 0.4) is 0 Å². The van der Waals surface area contributed by atoms with Gasteiger partial charge in [-0.2, -0.15) is 0 Å². The fraction of sp³-hybridized carbons (Fsp3) is 0. The summed E-state index contributed by atoms with van der Waals surface area (Å²) in [5.74, 6) is -0.112. The summed E-state index contributed by atoms with van der Waals surface area (Å²) >= 11 is 0. The molecule has 0 aliphatic rings. The molecule has 4 nitrogen and oxygen atoms in total. The van der Waals surface area contributed by atoms with Gasteiger partial charge in [0.2, 0.25) is 0 Å². The number of hydrogen-bond donors (Lipinski definition) is 0. The van der Waals surface area contributed by atoms with Crippen molar-refractivity contribution >= 4 is 29.1 Å². The Morgan fingerprint density at radius 1 is 1.14 bits per heavy atom. The quantitative estimate of drug-likeness (QED) is 0.537. The number of hydrogen-bond acceptors (Lipinski definition) is 3. The van der Waals surface area contributed by atoms with E-state index in [0.717, 1.165) is 5.39 Å². The molecule has 1 aromatic heterocycles. The molecule has 0 unspecified atom stereocenters. The summed E-state index contributed by atoms with van der Waals surface area (Å²) < 4.78 is 0. The van der Waals surface area contributed by atoms with Crippen LogP contribution >= 0.6 is 12.4 Å². The number of fused-ring (bicyclic) bond motifs is 1. The van der Waals surface area contributed by atoms with Gasteiger partial charge in [-0.25, -0.2) is 0 Å². The molecule has 0 radical (unpaired) electrons. The van der Waals surface area contributed by atoms with Crippen molar-refractivity contribution in [3.8, 4) is 0 Å². The average molecular weight is 211 g/mol. The highest BCUT2D eigenvalue weighted by Gasteiger charge is 2.07. The smallest absolute Gasteiger partial charge is 0.358 e. The number of aromatic nitrogens is 1. The van der Waals surface area contributed by atoms with Crippen molar-refractivity contribution in [3.05, 3.63) is 46.5 Å². The van der Waals surface area contributed by atoms with E-state index < -0.39 is 4.92 Å². The van der Waals surface area contributed by atoms with Crippen LogP contribution in [0.4, 0.5) is 5.82 Å². The van der Waals surface area contributed by atoms with Gasteiger partial charge in [0.05, 0.1) is 0 Å². The maximum Gasteiger partial charge on any atom is 0.364 e. The zero-order valence-electron chi connectivity index (χ0n) is 7.08. The van der Waals surface area contributed by atoms with Gasteiger partial charge < -0.3 is 10.1 Å². The summed E-state index contributed by atoms with van der Waals surface area (Å²) in [6.07, 6.45) is 0. The average Bonchev–Trinajstić information content (AvgIpc) is 2.17. The van der Waals surface area contributed by atoms with Gasteiger partial charge in [-0.15, -0.1) is 12.4 Å². The highest BCUT2D eigenvalue weighted by atomic mass is 35.5. The molecule has 0 fully saturated rings. The van der Waals surface area contributed by atoms with Gasteiger partial charge in [0.25, 0.3) is 0 Å². The van der Waals surface area contributed by atoms with E-state index >= 15 is 0 Å². The maximum atomic E-state index is 10.4. The SMILES string of the molecule is Cl.O=[N+]([O-])c1ccc2ccccc2n1. The number of pyridine rings is 1. The van der Waals surface area contributed by atoms with Crippen LogP contribution in [0.15, 0.2) is 36.4 Å². The minimum Gasteiger partial charge on any atom is -0.358 e. The first-order valence-corrected chi connectivity index (χ1v) is 3.77. The molecule has 72 valence electrons. The third kappa shape index (κ3) is 1.80. The zero-order valence-corrected chi connectivity index (χ0v) is 7.90. The second-order valence-electron chi connectivity index (χ2n) is 2.62. The van der Waals surface area contributed by atoms with Gasteiger partial charge in [-0.05, 0) is 22.0 Å². The van der Waals surface area contributed by atoms with Gasteiger partial charge >= 0.3 is 5.82 Å². The van der Waals surface area contributed by atoms with Crippen LogP contribution in [0, 0.1) is 10.1 Å². The third-order valence-electron chi connectivity index (χ3n) is 1.77. The van der Waals surface area contributed by atoms with Crippen molar-refractivity contribution in [2.24, 2.45) is 0 Å². The van der Waals surface area contributed by atoms with E-state index in [2.05, 4.69) is 4.98 Å². The molecule has 2 aromatic rings. The lowest BCUT2D eigenvalue weighted by Crippen LogP contribution is -1.91. The van der Waals surface area contributed by atoms with Crippen molar-refractivity contribution in [3.63, 3.8) is 0 Å². The summed E-state index contributed by atoms with van der Waals surface area (Å²) in [7, 11) is 0. The first-order valence-electron chi connectivity index (χ1n) is 3.77. The molecule has 0 aliphatic heterocycles. The van der Waals surface area contributed by atoms with Crippen LogP contribution in [0.25, 0.3) is 10.9 Å². The third-order valence-corrected chi connectivity index (χ3v) is 1.77. The predicted octanol–water partition coefficient (Wildman–Crippen LogP) is 2.56. The highest BCUT2D eigenvalue weighted by molar-refractivity contribution is 5.85. The Hall–Kier alpha value is -1.68. The molecular formula is C9H7ClN2O2. The first-order chi connectivity index (χ1) is 6.27. The lowest BCUT2D eigenvalue weighted by Gasteiger charge is -1.93. The number of halogens is 1. The fourth-order valence-corrected chi connectivity index (χ4v) is 1.16. The van der Waals surface area contributed by atoms with Gasteiger partial charge in [0, 0.05) is 11.5 Å². The molecule has 0 N–H and O–H groups in total. The first kappa shape index (κ1) is 10.4. The molecule has 0 saturated carbocycles. The summed E-state index contributed by atoms with van der Waals surface area (Å²) in [6, 6.07) is 10.4. The molecule has 0 amide bonds. The molecule has 14 heavy (non-hydrogen) atoms. The van der Waals surface area contributed by atoms with Gasteiger partial charge in [0.15, 0.2) is 5.52 Å². The molecule has 0 saturated heterocycles. The lowest BCUT2D eigenvalue weighted by molar-refractivity contribution is -0.389. The van der Waals surface area contributed by atoms with E-state index in [0.29, 0.717) is 5.52 Å². The Bertz CT molecular complexity index is 473. The fourth-order valence-electron chi connectivity index (χ4n) is 1.16. The van der Waals surface area contributed by atoms with E-state index in [9.17, 15) is 10.1 Å². The van der Waals surface area contributed by atoms with E-state index in [1.807, 2.05) is 12.1 Å². The van der Waals surface area contributed by atoms with Crippen LogP contribution in [0.5, 0.6) is 0 Å². The molecular weight excluding hydrogens is 204 g/mol. The minimum absolute atomic E-state index is 0. The summed E-state index contributed by atoms with van der Waals surface area (Å²) in [4.78, 5) is 13.8. The summed E-state index contributed by atoms with van der Waals surface area (Å²) in [5.41, 5.74) is 0.650. The highest BCUT2D eigenvalue weighted by Crippen LogP contribution is 2.15. The monoisotopic (exact) mass is 210 g/mol. The Labute approximate surface area is 86.1 Å². The molecule has 0 atom stereocenters. The van der Waals surface area contributed by atoms with E-state index in [-0.39, 0.29) is 18.2 Å². The molecule has 5 heteroatoms. The van der Waals surface area contributed by atoms with Crippen LogP contribution in [0.1, 0.15) is 0 Å². The van der Waals surface area contributed by atoms with Crippen molar-refractivity contribution in [2.45, 2.75) is 0 Å². The Kier molecular flexibility index (Phi) is 2.99. The number of benzene rings is 1. The minimum atomic E-state index is -0.494. The van der Waals surface area contributed by atoms with Crippen molar-refractivity contribution in [1.82, 2.24) is 4.98 Å². The Morgan fingerprint density at radius 2 is 1.86 bits per heavy atom. The van der Waals surface area contributed by atoms with Crippen LogP contribution < -0.4 is 0 Å². The van der Waals surface area contributed by atoms with Crippen LogP contribution in [-0.2, 0) is 0 Å². The standard InChI is InChI=1S/C9H6N2O2.ClH/c12-11(13)9-6-5-7-3-1-2-4-8(7)10-9;/h1-6H;1H. The molecule has 0 aliphatic carbocycles.